The highest BCUT2D eigenvalue weighted by molar-refractivity contribution is 7.98. The Balaban J connectivity index is 2.73. The summed E-state index contributed by atoms with van der Waals surface area (Å²) in [6.45, 7) is 2.07. The van der Waals surface area contributed by atoms with Gasteiger partial charge in [-0.05, 0) is 23.4 Å². The maximum atomic E-state index is 10.6. The summed E-state index contributed by atoms with van der Waals surface area (Å²) in [5.74, 6) is 0.910. The molecule has 0 spiro atoms. The van der Waals surface area contributed by atoms with Crippen LogP contribution in [-0.4, -0.2) is 21.8 Å². The van der Waals surface area contributed by atoms with Gasteiger partial charge in [-0.2, -0.15) is 11.8 Å². The summed E-state index contributed by atoms with van der Waals surface area (Å²) in [5.41, 5.74) is 1.13. The largest absolute Gasteiger partial charge is 0.477 e. The highest BCUT2D eigenvalue weighted by atomic mass is 32.2. The topological polar surface area (TPSA) is 50.2 Å². The summed E-state index contributed by atoms with van der Waals surface area (Å²) >= 11 is 1.76. The third-order valence-electron chi connectivity index (χ3n) is 1.52. The number of aromatic carboxylic acids is 1. The van der Waals surface area contributed by atoms with Gasteiger partial charge >= 0.3 is 5.97 Å². The lowest BCUT2D eigenvalue weighted by atomic mass is 10.2. The van der Waals surface area contributed by atoms with Crippen molar-refractivity contribution in [2.45, 2.75) is 12.7 Å². The first kappa shape index (κ1) is 10.1. The van der Waals surface area contributed by atoms with E-state index < -0.39 is 5.97 Å². The number of carboxylic acids is 1. The molecule has 0 saturated heterocycles. The Hall–Kier alpha value is -1.03. The van der Waals surface area contributed by atoms with Gasteiger partial charge in [0.05, 0.1) is 0 Å². The van der Waals surface area contributed by atoms with E-state index in [4.69, 9.17) is 5.11 Å². The van der Waals surface area contributed by atoms with E-state index in [0.717, 1.165) is 17.1 Å². The standard InChI is InChI=1S/C9H11NO2S/c1-2-13-6-7-3-4-10-8(5-7)9(11)12/h3-5H,2,6H2,1H3,(H,11,12). The maximum absolute atomic E-state index is 10.6. The molecule has 0 radical (unpaired) electrons. The Labute approximate surface area is 81.2 Å². The number of rotatable bonds is 4. The lowest BCUT2D eigenvalue weighted by Gasteiger charge is -1.99. The lowest BCUT2D eigenvalue weighted by molar-refractivity contribution is 0.0690. The molecule has 1 aromatic heterocycles. The fraction of sp³-hybridized carbons (Fsp3) is 0.333. The summed E-state index contributed by atoms with van der Waals surface area (Å²) in [6.07, 6.45) is 1.54. The van der Waals surface area contributed by atoms with Crippen LogP contribution in [-0.2, 0) is 5.75 Å². The van der Waals surface area contributed by atoms with E-state index in [1.165, 1.54) is 6.20 Å². The molecule has 0 unspecified atom stereocenters. The summed E-state index contributed by atoms with van der Waals surface area (Å²) in [6, 6.07) is 3.46. The molecular formula is C9H11NO2S. The summed E-state index contributed by atoms with van der Waals surface area (Å²) in [4.78, 5) is 14.3. The van der Waals surface area contributed by atoms with Gasteiger partial charge in [-0.1, -0.05) is 6.92 Å². The molecule has 0 saturated carbocycles. The second-order valence-electron chi connectivity index (χ2n) is 2.49. The Morgan fingerprint density at radius 3 is 3.08 bits per heavy atom. The van der Waals surface area contributed by atoms with Crippen molar-refractivity contribution in [2.75, 3.05) is 5.75 Å². The fourth-order valence-corrected chi connectivity index (χ4v) is 1.52. The predicted octanol–water partition coefficient (Wildman–Crippen LogP) is 2.03. The molecule has 0 amide bonds. The number of thioether (sulfide) groups is 1. The third kappa shape index (κ3) is 3.06. The van der Waals surface area contributed by atoms with Crippen molar-refractivity contribution in [1.29, 1.82) is 0 Å². The van der Waals surface area contributed by atoms with Crippen LogP contribution >= 0.6 is 11.8 Å². The molecule has 1 aromatic rings. The smallest absolute Gasteiger partial charge is 0.354 e. The van der Waals surface area contributed by atoms with Crippen LogP contribution in [0.5, 0.6) is 0 Å². The van der Waals surface area contributed by atoms with Crippen molar-refractivity contribution in [3.8, 4) is 0 Å². The highest BCUT2D eigenvalue weighted by Gasteiger charge is 2.04. The summed E-state index contributed by atoms with van der Waals surface area (Å²) < 4.78 is 0. The van der Waals surface area contributed by atoms with Crippen molar-refractivity contribution in [1.82, 2.24) is 4.98 Å². The number of hydrogen-bond acceptors (Lipinski definition) is 3. The lowest BCUT2D eigenvalue weighted by Crippen LogP contribution is -2.00. The van der Waals surface area contributed by atoms with Crippen molar-refractivity contribution in [3.63, 3.8) is 0 Å². The van der Waals surface area contributed by atoms with E-state index in [9.17, 15) is 4.79 Å². The van der Waals surface area contributed by atoms with E-state index in [2.05, 4.69) is 11.9 Å². The Morgan fingerprint density at radius 1 is 1.69 bits per heavy atom. The second kappa shape index (κ2) is 4.87. The molecule has 1 rings (SSSR count). The molecule has 1 heterocycles. The van der Waals surface area contributed by atoms with Crippen LogP contribution in [0.4, 0.5) is 0 Å². The van der Waals surface area contributed by atoms with E-state index in [1.807, 2.05) is 6.07 Å². The third-order valence-corrected chi connectivity index (χ3v) is 2.46. The number of carboxylic acid groups (broad SMARTS) is 1. The van der Waals surface area contributed by atoms with Gasteiger partial charge in [0.1, 0.15) is 5.69 Å². The van der Waals surface area contributed by atoms with Crippen LogP contribution in [0.15, 0.2) is 18.3 Å². The molecule has 1 N–H and O–H groups in total. The van der Waals surface area contributed by atoms with Gasteiger partial charge in [0.15, 0.2) is 0 Å². The van der Waals surface area contributed by atoms with Crippen LogP contribution in [0.25, 0.3) is 0 Å². The molecule has 70 valence electrons. The van der Waals surface area contributed by atoms with Crippen LogP contribution in [0.1, 0.15) is 23.0 Å². The van der Waals surface area contributed by atoms with Crippen molar-refractivity contribution < 1.29 is 9.90 Å². The second-order valence-corrected chi connectivity index (χ2v) is 3.77. The SMILES string of the molecule is CCSCc1ccnc(C(=O)O)c1. The van der Waals surface area contributed by atoms with Gasteiger partial charge < -0.3 is 5.11 Å². The number of aromatic nitrogens is 1. The number of pyridine rings is 1. The molecular weight excluding hydrogens is 186 g/mol. The van der Waals surface area contributed by atoms with Crippen LogP contribution in [0.3, 0.4) is 0 Å². The molecule has 0 aliphatic heterocycles. The van der Waals surface area contributed by atoms with Gasteiger partial charge in [-0.3, -0.25) is 0 Å². The van der Waals surface area contributed by atoms with Crippen molar-refractivity contribution in [2.24, 2.45) is 0 Å². The zero-order valence-electron chi connectivity index (χ0n) is 7.36. The molecule has 0 aromatic carbocycles. The quantitative estimate of drug-likeness (QED) is 0.802. The van der Waals surface area contributed by atoms with Gasteiger partial charge in [0.2, 0.25) is 0 Å². The van der Waals surface area contributed by atoms with Crippen molar-refractivity contribution >= 4 is 17.7 Å². The molecule has 0 aliphatic rings. The number of carbonyl (C=O) groups is 1. The van der Waals surface area contributed by atoms with E-state index >= 15 is 0 Å². The highest BCUT2D eigenvalue weighted by Crippen LogP contribution is 2.11. The average Bonchev–Trinajstić information content (AvgIpc) is 2.15. The Kier molecular flexibility index (Phi) is 3.76. The minimum atomic E-state index is -0.969. The average molecular weight is 197 g/mol. The first-order valence-electron chi connectivity index (χ1n) is 4.00. The van der Waals surface area contributed by atoms with E-state index in [-0.39, 0.29) is 5.69 Å². The van der Waals surface area contributed by atoms with Gasteiger partial charge in [-0.25, -0.2) is 9.78 Å². The van der Waals surface area contributed by atoms with Crippen LogP contribution in [0.2, 0.25) is 0 Å². The predicted molar refractivity (Wildman–Crippen MR) is 53.0 cm³/mol. The number of hydrogen-bond donors (Lipinski definition) is 1. The molecule has 13 heavy (non-hydrogen) atoms. The van der Waals surface area contributed by atoms with Gasteiger partial charge in [0, 0.05) is 11.9 Å². The van der Waals surface area contributed by atoms with Crippen molar-refractivity contribution in [3.05, 3.63) is 29.6 Å². The zero-order valence-corrected chi connectivity index (χ0v) is 8.17. The minimum Gasteiger partial charge on any atom is -0.477 e. The Morgan fingerprint density at radius 2 is 2.46 bits per heavy atom. The summed E-state index contributed by atoms with van der Waals surface area (Å²) in [5, 5.41) is 8.67. The molecule has 0 atom stereocenters. The maximum Gasteiger partial charge on any atom is 0.354 e. The normalized spacial score (nSPS) is 9.92. The van der Waals surface area contributed by atoms with Gasteiger partial charge in [-0.15, -0.1) is 0 Å². The van der Waals surface area contributed by atoms with E-state index in [0.29, 0.717) is 0 Å². The van der Waals surface area contributed by atoms with Crippen LogP contribution < -0.4 is 0 Å². The zero-order chi connectivity index (χ0) is 9.68. The minimum absolute atomic E-state index is 0.120. The molecule has 0 aliphatic carbocycles. The van der Waals surface area contributed by atoms with Gasteiger partial charge in [0.25, 0.3) is 0 Å². The first-order valence-corrected chi connectivity index (χ1v) is 5.15. The van der Waals surface area contributed by atoms with E-state index in [1.54, 1.807) is 17.8 Å². The van der Waals surface area contributed by atoms with Crippen LogP contribution in [0, 0.1) is 0 Å². The molecule has 3 nitrogen and oxygen atoms in total. The summed E-state index contributed by atoms with van der Waals surface area (Å²) in [7, 11) is 0. The molecule has 0 fully saturated rings. The Bertz CT molecular complexity index is 301. The molecule has 4 heteroatoms. The first-order chi connectivity index (χ1) is 6.24. The monoisotopic (exact) mass is 197 g/mol. The molecule has 0 bridgehead atoms. The number of nitrogens with zero attached hydrogens (tertiary/aromatic N) is 1. The fourth-order valence-electron chi connectivity index (χ4n) is 0.901.